The van der Waals surface area contributed by atoms with E-state index < -0.39 is 0 Å². The molecule has 6 heteroatoms. The zero-order valence-electron chi connectivity index (χ0n) is 11.1. The van der Waals surface area contributed by atoms with Gasteiger partial charge in [-0.2, -0.15) is 0 Å². The maximum absolute atomic E-state index is 12.2. The van der Waals surface area contributed by atoms with Gasteiger partial charge in [-0.1, -0.05) is 28.9 Å². The van der Waals surface area contributed by atoms with Crippen molar-refractivity contribution in [2.75, 3.05) is 5.32 Å². The molecule has 0 bridgehead atoms. The van der Waals surface area contributed by atoms with Crippen molar-refractivity contribution in [2.45, 2.75) is 6.92 Å². The molecule has 108 valence electrons. The number of carbonyl (C=O) groups excluding carboxylic acids is 1. The lowest BCUT2D eigenvalue weighted by atomic mass is 10.1. The summed E-state index contributed by atoms with van der Waals surface area (Å²) in [7, 11) is 0. The molecule has 0 radical (unpaired) electrons. The molecule has 0 aliphatic heterocycles. The molecule has 0 heterocycles. The third kappa shape index (κ3) is 3.83. The van der Waals surface area contributed by atoms with Crippen LogP contribution in [0.4, 0.5) is 5.69 Å². The fourth-order valence-electron chi connectivity index (χ4n) is 1.72. The van der Waals surface area contributed by atoms with Crippen molar-refractivity contribution >= 4 is 44.8 Å². The monoisotopic (exact) mass is 366 g/mol. The van der Waals surface area contributed by atoms with Crippen LogP contribution in [0.15, 0.2) is 52.1 Å². The smallest absolute Gasteiger partial charge is 0.256 e. The van der Waals surface area contributed by atoms with Gasteiger partial charge in [0.2, 0.25) is 0 Å². The van der Waals surface area contributed by atoms with Crippen molar-refractivity contribution < 1.29 is 10.0 Å². The first-order valence-electron chi connectivity index (χ1n) is 6.07. The first-order chi connectivity index (χ1) is 10.0. The summed E-state index contributed by atoms with van der Waals surface area (Å²) >= 11 is 9.16. The van der Waals surface area contributed by atoms with Crippen LogP contribution in [0.25, 0.3) is 0 Å². The summed E-state index contributed by atoms with van der Waals surface area (Å²) < 4.78 is 0.632. The molecule has 0 saturated carbocycles. The molecule has 0 aliphatic rings. The molecule has 2 N–H and O–H groups in total. The molecule has 2 aromatic rings. The molecule has 2 aromatic carbocycles. The van der Waals surface area contributed by atoms with Gasteiger partial charge in [0.05, 0.1) is 11.3 Å². The Labute approximate surface area is 135 Å². The van der Waals surface area contributed by atoms with E-state index in [0.717, 1.165) is 5.56 Å². The standard InChI is InChI=1S/C15H12BrClN2O2/c1-9(19-21)10-2-5-12(6-3-10)18-15(20)13-7-4-11(17)8-14(13)16/h2-8,21H,1H3,(H,18,20)/b19-9-. The highest BCUT2D eigenvalue weighted by atomic mass is 79.9. The maximum Gasteiger partial charge on any atom is 0.256 e. The molecule has 4 nitrogen and oxygen atoms in total. The molecule has 1 amide bonds. The normalized spacial score (nSPS) is 11.3. The lowest BCUT2D eigenvalue weighted by Gasteiger charge is -2.08. The van der Waals surface area contributed by atoms with E-state index in [1.54, 1.807) is 49.4 Å². The fraction of sp³-hybridized carbons (Fsp3) is 0.0667. The first kappa shape index (κ1) is 15.5. The highest BCUT2D eigenvalue weighted by Crippen LogP contribution is 2.22. The zero-order chi connectivity index (χ0) is 15.4. The number of oxime groups is 1. The van der Waals surface area contributed by atoms with E-state index in [4.69, 9.17) is 16.8 Å². The second-order valence-corrected chi connectivity index (χ2v) is 5.63. The van der Waals surface area contributed by atoms with Crippen molar-refractivity contribution in [3.63, 3.8) is 0 Å². The van der Waals surface area contributed by atoms with E-state index >= 15 is 0 Å². The van der Waals surface area contributed by atoms with Gasteiger partial charge in [0.25, 0.3) is 5.91 Å². The minimum atomic E-state index is -0.237. The van der Waals surface area contributed by atoms with Crippen LogP contribution in [0.1, 0.15) is 22.8 Å². The van der Waals surface area contributed by atoms with Crippen LogP contribution in [-0.4, -0.2) is 16.8 Å². The number of nitrogens with one attached hydrogen (secondary N) is 1. The molecule has 2 rings (SSSR count). The van der Waals surface area contributed by atoms with Gasteiger partial charge in [0.1, 0.15) is 0 Å². The summed E-state index contributed by atoms with van der Waals surface area (Å²) in [4.78, 5) is 12.2. The Balaban J connectivity index is 2.16. The number of amides is 1. The van der Waals surface area contributed by atoms with Crippen LogP contribution < -0.4 is 5.32 Å². The third-order valence-electron chi connectivity index (χ3n) is 2.89. The lowest BCUT2D eigenvalue weighted by molar-refractivity contribution is 0.102. The second kappa shape index (κ2) is 6.74. The van der Waals surface area contributed by atoms with Crippen molar-refractivity contribution in [1.82, 2.24) is 0 Å². The summed E-state index contributed by atoms with van der Waals surface area (Å²) in [5, 5.41) is 15.2. The van der Waals surface area contributed by atoms with Crippen molar-refractivity contribution in [2.24, 2.45) is 5.16 Å². The van der Waals surface area contributed by atoms with E-state index in [1.165, 1.54) is 0 Å². The molecule has 0 fully saturated rings. The van der Waals surface area contributed by atoms with Gasteiger partial charge in [-0.25, -0.2) is 0 Å². The number of nitrogens with zero attached hydrogens (tertiary/aromatic N) is 1. The number of anilines is 1. The zero-order valence-corrected chi connectivity index (χ0v) is 13.4. The molecule has 21 heavy (non-hydrogen) atoms. The first-order valence-corrected chi connectivity index (χ1v) is 7.24. The summed E-state index contributed by atoms with van der Waals surface area (Å²) in [6.07, 6.45) is 0. The Bertz CT molecular complexity index is 699. The largest absolute Gasteiger partial charge is 0.411 e. The van der Waals surface area contributed by atoms with Gasteiger partial charge in [-0.05, 0) is 58.7 Å². The second-order valence-electron chi connectivity index (χ2n) is 4.34. The predicted octanol–water partition coefficient (Wildman–Crippen LogP) is 4.55. The minimum Gasteiger partial charge on any atom is -0.411 e. The van der Waals surface area contributed by atoms with Crippen LogP contribution in [0.5, 0.6) is 0 Å². The molecule has 0 unspecified atom stereocenters. The number of halogens is 2. The van der Waals surface area contributed by atoms with Crippen LogP contribution in [0.2, 0.25) is 5.02 Å². The summed E-state index contributed by atoms with van der Waals surface area (Å²) in [5.74, 6) is -0.237. The van der Waals surface area contributed by atoms with Crippen LogP contribution in [0.3, 0.4) is 0 Å². The van der Waals surface area contributed by atoms with Gasteiger partial charge >= 0.3 is 0 Å². The maximum atomic E-state index is 12.2. The van der Waals surface area contributed by atoms with Crippen LogP contribution >= 0.6 is 27.5 Å². The number of hydrogen-bond acceptors (Lipinski definition) is 3. The summed E-state index contributed by atoms with van der Waals surface area (Å²) in [6, 6.07) is 12.0. The number of rotatable bonds is 3. The van der Waals surface area contributed by atoms with E-state index in [-0.39, 0.29) is 5.91 Å². The van der Waals surface area contributed by atoms with E-state index in [9.17, 15) is 4.79 Å². The molecular formula is C15H12BrClN2O2. The van der Waals surface area contributed by atoms with Crippen LogP contribution in [-0.2, 0) is 0 Å². The number of hydrogen-bond donors (Lipinski definition) is 2. The highest BCUT2D eigenvalue weighted by molar-refractivity contribution is 9.10. The molecule has 0 aromatic heterocycles. The minimum absolute atomic E-state index is 0.237. The van der Waals surface area contributed by atoms with Gasteiger partial charge in [0.15, 0.2) is 0 Å². The molecule has 0 aliphatic carbocycles. The molecule has 0 saturated heterocycles. The fourth-order valence-corrected chi connectivity index (χ4v) is 2.59. The Morgan fingerprint density at radius 1 is 1.24 bits per heavy atom. The summed E-state index contributed by atoms with van der Waals surface area (Å²) in [5.41, 5.74) is 2.43. The average molecular weight is 368 g/mol. The average Bonchev–Trinajstić information content (AvgIpc) is 2.47. The topological polar surface area (TPSA) is 61.7 Å². The van der Waals surface area contributed by atoms with Crippen LogP contribution in [0, 0.1) is 0 Å². The molecule has 0 atom stereocenters. The van der Waals surface area contributed by atoms with Crippen molar-refractivity contribution in [1.29, 1.82) is 0 Å². The number of carbonyl (C=O) groups is 1. The predicted molar refractivity (Wildman–Crippen MR) is 87.5 cm³/mol. The SMILES string of the molecule is C/C(=N/O)c1ccc(NC(=O)c2ccc(Cl)cc2Br)cc1. The van der Waals surface area contributed by atoms with Crippen molar-refractivity contribution in [3.8, 4) is 0 Å². The van der Waals surface area contributed by atoms with Gasteiger partial charge in [0, 0.05) is 15.2 Å². The van der Waals surface area contributed by atoms with Gasteiger partial charge in [-0.15, -0.1) is 0 Å². The highest BCUT2D eigenvalue weighted by Gasteiger charge is 2.10. The van der Waals surface area contributed by atoms with E-state index in [1.807, 2.05) is 0 Å². The Hall–Kier alpha value is -1.85. The third-order valence-corrected chi connectivity index (χ3v) is 3.78. The lowest BCUT2D eigenvalue weighted by Crippen LogP contribution is -2.12. The number of benzene rings is 2. The van der Waals surface area contributed by atoms with Gasteiger partial charge in [-0.3, -0.25) is 4.79 Å². The Morgan fingerprint density at radius 3 is 2.48 bits per heavy atom. The summed E-state index contributed by atoms with van der Waals surface area (Å²) in [6.45, 7) is 1.69. The van der Waals surface area contributed by atoms with Crippen molar-refractivity contribution in [3.05, 3.63) is 63.1 Å². The quantitative estimate of drug-likeness (QED) is 0.475. The van der Waals surface area contributed by atoms with E-state index in [2.05, 4.69) is 26.4 Å². The van der Waals surface area contributed by atoms with Gasteiger partial charge < -0.3 is 10.5 Å². The Kier molecular flexibility index (Phi) is 4.98. The molecular weight excluding hydrogens is 356 g/mol. The Morgan fingerprint density at radius 2 is 1.90 bits per heavy atom. The van der Waals surface area contributed by atoms with E-state index in [0.29, 0.717) is 26.5 Å². The molecule has 0 spiro atoms.